The summed E-state index contributed by atoms with van der Waals surface area (Å²) >= 11 is 3.32. The standard InChI is InChI=1S/C10H11BrN2O2/c1-6-5-15-8-3-7(11)4-12-9(8)13(2)10(6)14/h3-4,6H,5H2,1-2H3. The van der Waals surface area contributed by atoms with Gasteiger partial charge in [0, 0.05) is 17.7 Å². The molecule has 1 unspecified atom stereocenters. The van der Waals surface area contributed by atoms with Gasteiger partial charge < -0.3 is 4.74 Å². The van der Waals surface area contributed by atoms with Crippen molar-refractivity contribution >= 4 is 27.7 Å². The predicted octanol–water partition coefficient (Wildman–Crippen LogP) is 1.84. The maximum atomic E-state index is 11.8. The highest BCUT2D eigenvalue weighted by atomic mass is 79.9. The van der Waals surface area contributed by atoms with Crippen LogP contribution >= 0.6 is 15.9 Å². The number of anilines is 1. The lowest BCUT2D eigenvalue weighted by molar-refractivity contribution is -0.122. The third-order valence-electron chi connectivity index (χ3n) is 2.36. The Morgan fingerprint density at radius 1 is 1.67 bits per heavy atom. The van der Waals surface area contributed by atoms with Gasteiger partial charge in [0.2, 0.25) is 5.91 Å². The Morgan fingerprint density at radius 2 is 2.40 bits per heavy atom. The lowest BCUT2D eigenvalue weighted by Gasteiger charge is -2.16. The Balaban J connectivity index is 2.47. The second kappa shape index (κ2) is 3.81. The van der Waals surface area contributed by atoms with Crippen LogP contribution in [0.25, 0.3) is 0 Å². The fraction of sp³-hybridized carbons (Fsp3) is 0.400. The molecular formula is C10H11BrN2O2. The molecule has 0 aliphatic carbocycles. The predicted molar refractivity (Wildman–Crippen MR) is 60.0 cm³/mol. The average Bonchev–Trinajstić information content (AvgIpc) is 2.32. The van der Waals surface area contributed by atoms with E-state index in [2.05, 4.69) is 20.9 Å². The van der Waals surface area contributed by atoms with Crippen LogP contribution in [0.2, 0.25) is 0 Å². The molecule has 1 aromatic rings. The molecule has 1 aliphatic heterocycles. The van der Waals surface area contributed by atoms with Gasteiger partial charge >= 0.3 is 0 Å². The summed E-state index contributed by atoms with van der Waals surface area (Å²) in [7, 11) is 1.72. The van der Waals surface area contributed by atoms with E-state index in [1.807, 2.05) is 13.0 Å². The number of amides is 1. The molecule has 1 aliphatic rings. The van der Waals surface area contributed by atoms with Gasteiger partial charge in [-0.2, -0.15) is 0 Å². The first-order chi connectivity index (χ1) is 7.09. The quantitative estimate of drug-likeness (QED) is 0.723. The molecule has 0 saturated carbocycles. The zero-order valence-electron chi connectivity index (χ0n) is 8.53. The van der Waals surface area contributed by atoms with Crippen LogP contribution in [0.1, 0.15) is 6.92 Å². The van der Waals surface area contributed by atoms with Crippen LogP contribution in [0.15, 0.2) is 16.7 Å². The topological polar surface area (TPSA) is 42.4 Å². The number of fused-ring (bicyclic) bond motifs is 1. The number of carbonyl (C=O) groups excluding carboxylic acids is 1. The van der Waals surface area contributed by atoms with Crippen molar-refractivity contribution in [2.24, 2.45) is 5.92 Å². The number of hydrogen-bond acceptors (Lipinski definition) is 3. The molecule has 0 aromatic carbocycles. The number of hydrogen-bond donors (Lipinski definition) is 0. The van der Waals surface area contributed by atoms with Gasteiger partial charge in [-0.3, -0.25) is 9.69 Å². The van der Waals surface area contributed by atoms with E-state index in [0.29, 0.717) is 18.2 Å². The van der Waals surface area contributed by atoms with E-state index in [0.717, 1.165) is 4.47 Å². The SMILES string of the molecule is CC1COc2cc(Br)cnc2N(C)C1=O. The van der Waals surface area contributed by atoms with E-state index in [9.17, 15) is 4.79 Å². The number of pyridine rings is 1. The molecule has 5 heteroatoms. The van der Waals surface area contributed by atoms with Crippen LogP contribution in [0.4, 0.5) is 5.82 Å². The van der Waals surface area contributed by atoms with Gasteiger partial charge in [0.1, 0.15) is 0 Å². The van der Waals surface area contributed by atoms with Crippen molar-refractivity contribution in [3.05, 3.63) is 16.7 Å². The summed E-state index contributed by atoms with van der Waals surface area (Å²) in [5, 5.41) is 0. The Bertz CT molecular complexity index is 408. The molecular weight excluding hydrogens is 260 g/mol. The molecule has 15 heavy (non-hydrogen) atoms. The van der Waals surface area contributed by atoms with Crippen molar-refractivity contribution in [3.8, 4) is 5.75 Å². The van der Waals surface area contributed by atoms with E-state index in [1.54, 1.807) is 18.1 Å². The number of rotatable bonds is 0. The van der Waals surface area contributed by atoms with Crippen LogP contribution in [-0.2, 0) is 4.79 Å². The zero-order chi connectivity index (χ0) is 11.0. The van der Waals surface area contributed by atoms with Gasteiger partial charge in [-0.1, -0.05) is 6.92 Å². The van der Waals surface area contributed by atoms with Gasteiger partial charge in [0.25, 0.3) is 0 Å². The molecule has 2 rings (SSSR count). The molecule has 0 spiro atoms. The molecule has 0 fully saturated rings. The fourth-order valence-electron chi connectivity index (χ4n) is 1.49. The normalized spacial score (nSPS) is 20.6. The molecule has 0 radical (unpaired) electrons. The van der Waals surface area contributed by atoms with Crippen molar-refractivity contribution in [1.29, 1.82) is 0 Å². The molecule has 0 saturated heterocycles. The molecule has 2 heterocycles. The Labute approximate surface area is 96.4 Å². The van der Waals surface area contributed by atoms with E-state index in [-0.39, 0.29) is 11.8 Å². The van der Waals surface area contributed by atoms with Gasteiger partial charge in [-0.25, -0.2) is 4.98 Å². The molecule has 1 amide bonds. The average molecular weight is 271 g/mol. The van der Waals surface area contributed by atoms with E-state index in [4.69, 9.17) is 4.74 Å². The minimum absolute atomic E-state index is 0.0311. The van der Waals surface area contributed by atoms with Crippen LogP contribution in [-0.4, -0.2) is 24.5 Å². The maximum absolute atomic E-state index is 11.8. The molecule has 1 aromatic heterocycles. The lowest BCUT2D eigenvalue weighted by atomic mass is 10.2. The second-order valence-electron chi connectivity index (χ2n) is 3.58. The minimum Gasteiger partial charge on any atom is -0.489 e. The highest BCUT2D eigenvalue weighted by Gasteiger charge is 2.26. The lowest BCUT2D eigenvalue weighted by Crippen LogP contribution is -2.32. The molecule has 4 nitrogen and oxygen atoms in total. The molecule has 1 atom stereocenters. The molecule has 80 valence electrons. The van der Waals surface area contributed by atoms with Gasteiger partial charge in [0.05, 0.1) is 12.5 Å². The van der Waals surface area contributed by atoms with Gasteiger partial charge in [-0.15, -0.1) is 0 Å². The van der Waals surface area contributed by atoms with Crippen LogP contribution in [0.3, 0.4) is 0 Å². The van der Waals surface area contributed by atoms with Crippen molar-refractivity contribution in [2.75, 3.05) is 18.6 Å². The second-order valence-corrected chi connectivity index (χ2v) is 4.50. The summed E-state index contributed by atoms with van der Waals surface area (Å²) in [5.74, 6) is 1.11. The first kappa shape index (κ1) is 10.4. The number of aromatic nitrogens is 1. The zero-order valence-corrected chi connectivity index (χ0v) is 10.1. The smallest absolute Gasteiger partial charge is 0.234 e. The van der Waals surface area contributed by atoms with Gasteiger partial charge in [0.15, 0.2) is 11.6 Å². The molecule has 0 bridgehead atoms. The van der Waals surface area contributed by atoms with Crippen LogP contribution < -0.4 is 9.64 Å². The number of nitrogens with zero attached hydrogens (tertiary/aromatic N) is 2. The summed E-state index contributed by atoms with van der Waals surface area (Å²) in [6, 6.07) is 1.82. The maximum Gasteiger partial charge on any atom is 0.234 e. The minimum atomic E-state index is -0.136. The molecule has 0 N–H and O–H groups in total. The van der Waals surface area contributed by atoms with Crippen molar-refractivity contribution in [1.82, 2.24) is 4.98 Å². The highest BCUT2D eigenvalue weighted by Crippen LogP contribution is 2.31. The van der Waals surface area contributed by atoms with E-state index >= 15 is 0 Å². The summed E-state index contributed by atoms with van der Waals surface area (Å²) in [5.41, 5.74) is 0. The van der Waals surface area contributed by atoms with Crippen LogP contribution in [0, 0.1) is 5.92 Å². The van der Waals surface area contributed by atoms with Crippen molar-refractivity contribution < 1.29 is 9.53 Å². The summed E-state index contributed by atoms with van der Waals surface area (Å²) in [6.45, 7) is 2.24. The largest absolute Gasteiger partial charge is 0.489 e. The number of carbonyl (C=O) groups is 1. The third kappa shape index (κ3) is 1.84. The van der Waals surface area contributed by atoms with Crippen molar-refractivity contribution in [3.63, 3.8) is 0 Å². The first-order valence-corrected chi connectivity index (χ1v) is 5.45. The summed E-state index contributed by atoms with van der Waals surface area (Å²) in [6.07, 6.45) is 1.65. The van der Waals surface area contributed by atoms with Crippen LogP contribution in [0.5, 0.6) is 5.75 Å². The first-order valence-electron chi connectivity index (χ1n) is 4.65. The fourth-order valence-corrected chi connectivity index (χ4v) is 1.80. The summed E-state index contributed by atoms with van der Waals surface area (Å²) in [4.78, 5) is 17.5. The highest BCUT2D eigenvalue weighted by molar-refractivity contribution is 9.10. The summed E-state index contributed by atoms with van der Waals surface area (Å²) < 4.78 is 6.37. The Hall–Kier alpha value is -1.10. The monoisotopic (exact) mass is 270 g/mol. The number of halogens is 1. The van der Waals surface area contributed by atoms with Crippen molar-refractivity contribution in [2.45, 2.75) is 6.92 Å². The number of ether oxygens (including phenoxy) is 1. The Morgan fingerprint density at radius 3 is 3.13 bits per heavy atom. The van der Waals surface area contributed by atoms with E-state index < -0.39 is 0 Å². The van der Waals surface area contributed by atoms with Gasteiger partial charge in [-0.05, 0) is 22.0 Å². The van der Waals surface area contributed by atoms with E-state index in [1.165, 1.54) is 0 Å². The third-order valence-corrected chi connectivity index (χ3v) is 2.79. The Kier molecular flexibility index (Phi) is 2.65.